The standard InChI is InChI=1S/C13H16BClO4/c1-8-7-13(2,3)19-14(18-8)10-6-9(12(16)17)4-5-11(10)15/h4-6,8H,7H2,1-3H3,(H,16,17). The second-order valence-corrected chi connectivity index (χ2v) is 5.81. The number of benzene rings is 1. The minimum Gasteiger partial charge on any atom is -0.478 e. The maximum absolute atomic E-state index is 11.0. The fourth-order valence-corrected chi connectivity index (χ4v) is 2.52. The fourth-order valence-electron chi connectivity index (χ4n) is 2.31. The number of halogens is 1. The molecule has 1 aromatic carbocycles. The van der Waals surface area contributed by atoms with Crippen LogP contribution >= 0.6 is 11.6 Å². The lowest BCUT2D eigenvalue weighted by Gasteiger charge is -2.38. The Morgan fingerprint density at radius 2 is 2.21 bits per heavy atom. The third-order valence-corrected chi connectivity index (χ3v) is 3.40. The van der Waals surface area contributed by atoms with E-state index in [-0.39, 0.29) is 17.3 Å². The van der Waals surface area contributed by atoms with Crippen molar-refractivity contribution in [3.8, 4) is 0 Å². The van der Waals surface area contributed by atoms with E-state index in [0.717, 1.165) is 6.42 Å². The Labute approximate surface area is 117 Å². The molecule has 1 aromatic rings. The molecule has 0 radical (unpaired) electrons. The van der Waals surface area contributed by atoms with E-state index in [0.29, 0.717) is 10.5 Å². The van der Waals surface area contributed by atoms with E-state index in [9.17, 15) is 4.79 Å². The third kappa shape index (κ3) is 3.29. The lowest BCUT2D eigenvalue weighted by molar-refractivity contribution is -0.0229. The molecule has 1 aliphatic rings. The van der Waals surface area contributed by atoms with Gasteiger partial charge in [-0.25, -0.2) is 4.79 Å². The quantitative estimate of drug-likeness (QED) is 0.846. The number of hydrogen-bond acceptors (Lipinski definition) is 3. The molecule has 19 heavy (non-hydrogen) atoms. The summed E-state index contributed by atoms with van der Waals surface area (Å²) in [6.07, 6.45) is 0.804. The highest BCUT2D eigenvalue weighted by Gasteiger charge is 2.39. The van der Waals surface area contributed by atoms with Gasteiger partial charge in [-0.15, -0.1) is 0 Å². The van der Waals surface area contributed by atoms with Crippen molar-refractivity contribution in [2.24, 2.45) is 0 Å². The Bertz CT molecular complexity index is 503. The van der Waals surface area contributed by atoms with Crippen LogP contribution in [0.15, 0.2) is 18.2 Å². The number of hydrogen-bond donors (Lipinski definition) is 1. The molecule has 0 aliphatic carbocycles. The van der Waals surface area contributed by atoms with Gasteiger partial charge in [-0.1, -0.05) is 11.6 Å². The van der Waals surface area contributed by atoms with Gasteiger partial charge >= 0.3 is 13.1 Å². The van der Waals surface area contributed by atoms with Crippen molar-refractivity contribution in [2.75, 3.05) is 0 Å². The van der Waals surface area contributed by atoms with Crippen LogP contribution in [0.1, 0.15) is 37.6 Å². The average molecular weight is 283 g/mol. The lowest BCUT2D eigenvalue weighted by Crippen LogP contribution is -2.52. The van der Waals surface area contributed by atoms with Crippen LogP contribution in [0.3, 0.4) is 0 Å². The van der Waals surface area contributed by atoms with Gasteiger partial charge in [0.15, 0.2) is 0 Å². The second-order valence-electron chi connectivity index (χ2n) is 5.40. The first-order valence-electron chi connectivity index (χ1n) is 6.14. The number of carboxylic acid groups (broad SMARTS) is 1. The predicted molar refractivity (Wildman–Crippen MR) is 74.1 cm³/mol. The highest BCUT2D eigenvalue weighted by molar-refractivity contribution is 6.65. The van der Waals surface area contributed by atoms with Gasteiger partial charge in [0.25, 0.3) is 0 Å². The molecule has 1 unspecified atom stereocenters. The van der Waals surface area contributed by atoms with Gasteiger partial charge in [0, 0.05) is 16.6 Å². The third-order valence-electron chi connectivity index (χ3n) is 3.06. The molecule has 0 saturated carbocycles. The average Bonchev–Trinajstić information content (AvgIpc) is 2.26. The zero-order valence-corrected chi connectivity index (χ0v) is 11.9. The molecule has 0 aromatic heterocycles. The van der Waals surface area contributed by atoms with Gasteiger partial charge in [-0.2, -0.15) is 0 Å². The molecule has 1 fully saturated rings. The van der Waals surface area contributed by atoms with Crippen molar-refractivity contribution >= 4 is 30.2 Å². The first-order chi connectivity index (χ1) is 8.78. The number of carbonyl (C=O) groups is 1. The minimum atomic E-state index is -0.999. The van der Waals surface area contributed by atoms with Crippen molar-refractivity contribution in [1.82, 2.24) is 0 Å². The van der Waals surface area contributed by atoms with E-state index in [1.54, 1.807) is 6.07 Å². The smallest absolute Gasteiger partial charge is 0.478 e. The molecule has 2 rings (SSSR count). The minimum absolute atomic E-state index is 0.0262. The zero-order valence-electron chi connectivity index (χ0n) is 11.1. The van der Waals surface area contributed by atoms with Crippen molar-refractivity contribution in [3.63, 3.8) is 0 Å². The van der Waals surface area contributed by atoms with Crippen LogP contribution in [0.2, 0.25) is 5.02 Å². The van der Waals surface area contributed by atoms with Crippen molar-refractivity contribution in [2.45, 2.75) is 38.9 Å². The molecule has 1 N–H and O–H groups in total. The van der Waals surface area contributed by atoms with Gasteiger partial charge in [0.2, 0.25) is 0 Å². The van der Waals surface area contributed by atoms with Crippen LogP contribution in [-0.4, -0.2) is 29.9 Å². The van der Waals surface area contributed by atoms with Gasteiger partial charge in [-0.05, 0) is 45.4 Å². The number of rotatable bonds is 2. The summed E-state index contributed by atoms with van der Waals surface area (Å²) >= 11 is 6.12. The highest BCUT2D eigenvalue weighted by atomic mass is 35.5. The summed E-state index contributed by atoms with van der Waals surface area (Å²) in [7, 11) is -0.634. The van der Waals surface area contributed by atoms with Crippen LogP contribution in [0.5, 0.6) is 0 Å². The van der Waals surface area contributed by atoms with E-state index < -0.39 is 13.1 Å². The van der Waals surface area contributed by atoms with Crippen molar-refractivity contribution in [1.29, 1.82) is 0 Å². The van der Waals surface area contributed by atoms with E-state index in [2.05, 4.69) is 0 Å². The highest BCUT2D eigenvalue weighted by Crippen LogP contribution is 2.26. The van der Waals surface area contributed by atoms with Crippen molar-refractivity contribution < 1.29 is 19.2 Å². The van der Waals surface area contributed by atoms with E-state index in [4.69, 9.17) is 26.0 Å². The maximum atomic E-state index is 11.0. The lowest BCUT2D eigenvalue weighted by atomic mass is 9.74. The summed E-state index contributed by atoms with van der Waals surface area (Å²) in [4.78, 5) is 11.0. The Kier molecular flexibility index (Phi) is 3.90. The molecule has 1 saturated heterocycles. The summed E-state index contributed by atoms with van der Waals surface area (Å²) < 4.78 is 11.6. The molecule has 6 heteroatoms. The fraction of sp³-hybridized carbons (Fsp3) is 0.462. The van der Waals surface area contributed by atoms with Crippen LogP contribution in [0.25, 0.3) is 0 Å². The summed E-state index contributed by atoms with van der Waals surface area (Å²) in [5.74, 6) is -0.999. The van der Waals surface area contributed by atoms with Gasteiger partial charge < -0.3 is 14.4 Å². The molecule has 1 heterocycles. The summed E-state index contributed by atoms with van der Waals surface area (Å²) in [6.45, 7) is 5.92. The predicted octanol–water partition coefficient (Wildman–Crippen LogP) is 2.34. The molecule has 1 atom stereocenters. The second kappa shape index (κ2) is 5.15. The van der Waals surface area contributed by atoms with E-state index in [1.807, 2.05) is 20.8 Å². The van der Waals surface area contributed by atoms with Crippen LogP contribution < -0.4 is 5.46 Å². The monoisotopic (exact) mass is 282 g/mol. The summed E-state index contributed by atoms with van der Waals surface area (Å²) in [5, 5.41) is 9.47. The SMILES string of the molecule is CC1CC(C)(C)OB(c2cc(C(=O)O)ccc2Cl)O1. The number of aromatic carboxylic acids is 1. The molecule has 4 nitrogen and oxygen atoms in total. The van der Waals surface area contributed by atoms with Crippen LogP contribution in [0, 0.1) is 0 Å². The molecule has 0 bridgehead atoms. The van der Waals surface area contributed by atoms with Crippen LogP contribution in [-0.2, 0) is 9.31 Å². The zero-order chi connectivity index (χ0) is 14.2. The first-order valence-corrected chi connectivity index (χ1v) is 6.52. The molecule has 102 valence electrons. The van der Waals surface area contributed by atoms with Crippen LogP contribution in [0.4, 0.5) is 0 Å². The topological polar surface area (TPSA) is 55.8 Å². The Morgan fingerprint density at radius 3 is 2.79 bits per heavy atom. The summed E-state index contributed by atoms with van der Waals surface area (Å²) in [5.41, 5.74) is 0.397. The molecule has 0 spiro atoms. The van der Waals surface area contributed by atoms with Gasteiger partial charge in [0.1, 0.15) is 0 Å². The van der Waals surface area contributed by atoms with Gasteiger partial charge in [-0.3, -0.25) is 0 Å². The first kappa shape index (κ1) is 14.4. The molecular formula is C13H16BClO4. The maximum Gasteiger partial charge on any atom is 0.496 e. The molecule has 1 aliphatic heterocycles. The largest absolute Gasteiger partial charge is 0.496 e. The van der Waals surface area contributed by atoms with E-state index >= 15 is 0 Å². The Morgan fingerprint density at radius 1 is 1.53 bits per heavy atom. The Balaban J connectivity index is 2.35. The number of carboxylic acids is 1. The molecule has 0 amide bonds. The summed E-state index contributed by atoms with van der Waals surface area (Å²) in [6, 6.07) is 4.52. The molecular weight excluding hydrogens is 266 g/mol. The van der Waals surface area contributed by atoms with Crippen molar-refractivity contribution in [3.05, 3.63) is 28.8 Å². The Hall–Kier alpha value is -1.04. The van der Waals surface area contributed by atoms with E-state index in [1.165, 1.54) is 12.1 Å². The van der Waals surface area contributed by atoms with Gasteiger partial charge in [0.05, 0.1) is 11.2 Å². The normalized spacial score (nSPS) is 22.3.